The number of hydrogen-bond acceptors (Lipinski definition) is 5. The SMILES string of the molecule is COc1ccc(CCc2cc(O)c(=O)[nH]n2)cc1OC. The summed E-state index contributed by atoms with van der Waals surface area (Å²) in [5.41, 5.74) is 1.09. The van der Waals surface area contributed by atoms with Crippen LogP contribution in [0.2, 0.25) is 0 Å². The topological polar surface area (TPSA) is 84.4 Å². The van der Waals surface area contributed by atoms with E-state index in [9.17, 15) is 9.90 Å². The second-order valence-corrected chi connectivity index (χ2v) is 4.26. The van der Waals surface area contributed by atoms with Crippen LogP contribution < -0.4 is 15.0 Å². The van der Waals surface area contributed by atoms with Crippen molar-refractivity contribution in [3.8, 4) is 17.2 Å². The van der Waals surface area contributed by atoms with Crippen molar-refractivity contribution in [1.82, 2.24) is 10.2 Å². The van der Waals surface area contributed by atoms with E-state index in [1.807, 2.05) is 18.2 Å². The highest BCUT2D eigenvalue weighted by molar-refractivity contribution is 5.43. The monoisotopic (exact) mass is 276 g/mol. The van der Waals surface area contributed by atoms with Crippen LogP contribution in [0.25, 0.3) is 0 Å². The first-order chi connectivity index (χ1) is 9.63. The first-order valence-corrected chi connectivity index (χ1v) is 6.12. The number of H-pyrrole nitrogens is 1. The molecule has 0 bridgehead atoms. The van der Waals surface area contributed by atoms with Crippen LogP contribution in [0.4, 0.5) is 0 Å². The number of aryl methyl sites for hydroxylation is 2. The van der Waals surface area contributed by atoms with Crippen LogP contribution in [0.1, 0.15) is 11.3 Å². The Balaban J connectivity index is 2.10. The molecule has 1 aromatic carbocycles. The largest absolute Gasteiger partial charge is 0.503 e. The van der Waals surface area contributed by atoms with E-state index < -0.39 is 5.56 Å². The molecule has 0 amide bonds. The van der Waals surface area contributed by atoms with Crippen LogP contribution in [0.3, 0.4) is 0 Å². The highest BCUT2D eigenvalue weighted by atomic mass is 16.5. The van der Waals surface area contributed by atoms with Gasteiger partial charge in [-0.2, -0.15) is 5.10 Å². The van der Waals surface area contributed by atoms with Gasteiger partial charge in [-0.3, -0.25) is 4.79 Å². The van der Waals surface area contributed by atoms with E-state index in [1.54, 1.807) is 14.2 Å². The van der Waals surface area contributed by atoms with Gasteiger partial charge < -0.3 is 14.6 Å². The molecule has 1 heterocycles. The Hall–Kier alpha value is -2.50. The summed E-state index contributed by atoms with van der Waals surface area (Å²) in [5, 5.41) is 15.4. The Morgan fingerprint density at radius 3 is 2.55 bits per heavy atom. The summed E-state index contributed by atoms with van der Waals surface area (Å²) in [7, 11) is 3.17. The Kier molecular flexibility index (Phi) is 4.24. The minimum absolute atomic E-state index is 0.317. The predicted molar refractivity (Wildman–Crippen MR) is 73.5 cm³/mol. The summed E-state index contributed by atoms with van der Waals surface area (Å²) in [6.07, 6.45) is 1.30. The average Bonchev–Trinajstić information content (AvgIpc) is 2.48. The smallest absolute Gasteiger partial charge is 0.306 e. The number of hydrogen-bond donors (Lipinski definition) is 2. The second kappa shape index (κ2) is 6.10. The summed E-state index contributed by atoms with van der Waals surface area (Å²) in [5.74, 6) is 1.03. The van der Waals surface area contributed by atoms with Crippen molar-refractivity contribution in [3.63, 3.8) is 0 Å². The molecule has 6 heteroatoms. The minimum Gasteiger partial charge on any atom is -0.503 e. The van der Waals surface area contributed by atoms with Gasteiger partial charge in [0, 0.05) is 6.07 Å². The number of nitrogens with one attached hydrogen (secondary N) is 1. The molecule has 6 nitrogen and oxygen atoms in total. The molecule has 0 spiro atoms. The zero-order valence-corrected chi connectivity index (χ0v) is 11.3. The van der Waals surface area contributed by atoms with Crippen LogP contribution in [0.15, 0.2) is 29.1 Å². The third kappa shape index (κ3) is 3.09. The lowest BCUT2D eigenvalue weighted by Crippen LogP contribution is -2.09. The van der Waals surface area contributed by atoms with Gasteiger partial charge in [0.1, 0.15) is 0 Å². The number of nitrogens with zero attached hydrogens (tertiary/aromatic N) is 1. The molecule has 20 heavy (non-hydrogen) atoms. The lowest BCUT2D eigenvalue weighted by atomic mass is 10.1. The quantitative estimate of drug-likeness (QED) is 0.859. The molecule has 106 valence electrons. The highest BCUT2D eigenvalue weighted by Crippen LogP contribution is 2.27. The lowest BCUT2D eigenvalue weighted by molar-refractivity contribution is 0.354. The fourth-order valence-electron chi connectivity index (χ4n) is 1.87. The van der Waals surface area contributed by atoms with Crippen molar-refractivity contribution >= 4 is 0 Å². The standard InChI is InChI=1S/C14H16N2O4/c1-19-12-6-4-9(7-13(12)20-2)3-5-10-8-11(17)14(18)16-15-10/h4,6-8H,3,5H2,1-2H3,(H,15,17)(H,16,18). The Morgan fingerprint density at radius 2 is 1.90 bits per heavy atom. The minimum atomic E-state index is -0.583. The van der Waals surface area contributed by atoms with E-state index >= 15 is 0 Å². The van der Waals surface area contributed by atoms with Gasteiger partial charge in [0.05, 0.1) is 19.9 Å². The lowest BCUT2D eigenvalue weighted by Gasteiger charge is -2.09. The van der Waals surface area contributed by atoms with E-state index in [1.165, 1.54) is 6.07 Å². The molecule has 2 rings (SSSR count). The number of aromatic hydroxyl groups is 1. The molecule has 0 radical (unpaired) electrons. The Bertz CT molecular complexity index is 652. The highest BCUT2D eigenvalue weighted by Gasteiger charge is 2.06. The second-order valence-electron chi connectivity index (χ2n) is 4.26. The van der Waals surface area contributed by atoms with E-state index in [0.29, 0.717) is 30.0 Å². The number of aromatic amines is 1. The molecule has 1 aromatic heterocycles. The molecule has 0 atom stereocenters. The molecule has 0 aliphatic carbocycles. The molecular formula is C14H16N2O4. The average molecular weight is 276 g/mol. The third-order valence-corrected chi connectivity index (χ3v) is 2.95. The van der Waals surface area contributed by atoms with E-state index in [-0.39, 0.29) is 5.75 Å². The summed E-state index contributed by atoms with van der Waals surface area (Å²) in [6.45, 7) is 0. The fourth-order valence-corrected chi connectivity index (χ4v) is 1.87. The Labute approximate surface area is 116 Å². The van der Waals surface area contributed by atoms with E-state index in [4.69, 9.17) is 9.47 Å². The predicted octanol–water partition coefficient (Wildman–Crippen LogP) is 1.28. The molecule has 0 saturated heterocycles. The van der Waals surface area contributed by atoms with Crippen LogP contribution in [0, 0.1) is 0 Å². The summed E-state index contributed by atoms with van der Waals surface area (Å²) >= 11 is 0. The van der Waals surface area contributed by atoms with E-state index in [0.717, 1.165) is 5.56 Å². The van der Waals surface area contributed by atoms with Crippen LogP contribution in [-0.4, -0.2) is 29.5 Å². The van der Waals surface area contributed by atoms with Gasteiger partial charge >= 0.3 is 5.56 Å². The number of aromatic nitrogens is 2. The summed E-state index contributed by atoms with van der Waals surface area (Å²) in [4.78, 5) is 11.0. The molecule has 2 aromatic rings. The number of methoxy groups -OCH3 is 2. The Morgan fingerprint density at radius 1 is 1.15 bits per heavy atom. The normalized spacial score (nSPS) is 10.3. The van der Waals surface area contributed by atoms with Gasteiger partial charge in [0.25, 0.3) is 0 Å². The van der Waals surface area contributed by atoms with Gasteiger partial charge in [-0.25, -0.2) is 5.10 Å². The molecule has 0 fully saturated rings. The first kappa shape index (κ1) is 13.9. The van der Waals surface area contributed by atoms with Gasteiger partial charge in [-0.1, -0.05) is 6.07 Å². The molecule has 0 saturated carbocycles. The maximum absolute atomic E-state index is 11.0. The zero-order chi connectivity index (χ0) is 14.5. The van der Waals surface area contributed by atoms with Crippen LogP contribution in [0.5, 0.6) is 17.2 Å². The van der Waals surface area contributed by atoms with Crippen LogP contribution in [-0.2, 0) is 12.8 Å². The number of rotatable bonds is 5. The van der Waals surface area contributed by atoms with E-state index in [2.05, 4.69) is 10.2 Å². The zero-order valence-electron chi connectivity index (χ0n) is 11.3. The van der Waals surface area contributed by atoms with Gasteiger partial charge in [0.15, 0.2) is 17.2 Å². The van der Waals surface area contributed by atoms with Gasteiger partial charge in [-0.15, -0.1) is 0 Å². The fraction of sp³-hybridized carbons (Fsp3) is 0.286. The molecule has 2 N–H and O–H groups in total. The maximum atomic E-state index is 11.0. The molecule has 0 aliphatic heterocycles. The third-order valence-electron chi connectivity index (χ3n) is 2.95. The van der Waals surface area contributed by atoms with Crippen molar-refractivity contribution < 1.29 is 14.6 Å². The van der Waals surface area contributed by atoms with Crippen molar-refractivity contribution in [2.24, 2.45) is 0 Å². The molecule has 0 unspecified atom stereocenters. The molecular weight excluding hydrogens is 260 g/mol. The van der Waals surface area contributed by atoms with Crippen molar-refractivity contribution in [1.29, 1.82) is 0 Å². The van der Waals surface area contributed by atoms with Gasteiger partial charge in [0.2, 0.25) is 0 Å². The van der Waals surface area contributed by atoms with Gasteiger partial charge in [-0.05, 0) is 30.5 Å². The van der Waals surface area contributed by atoms with Crippen molar-refractivity contribution in [2.45, 2.75) is 12.8 Å². The summed E-state index contributed by atoms with van der Waals surface area (Å²) < 4.78 is 10.4. The molecule has 0 aliphatic rings. The van der Waals surface area contributed by atoms with Crippen molar-refractivity contribution in [2.75, 3.05) is 14.2 Å². The number of benzene rings is 1. The van der Waals surface area contributed by atoms with Crippen LogP contribution >= 0.6 is 0 Å². The maximum Gasteiger partial charge on any atom is 0.306 e. The van der Waals surface area contributed by atoms with Crippen molar-refractivity contribution in [3.05, 3.63) is 45.9 Å². The first-order valence-electron chi connectivity index (χ1n) is 6.12. The number of ether oxygens (including phenoxy) is 2. The summed E-state index contributed by atoms with van der Waals surface area (Å²) in [6, 6.07) is 7.04.